The van der Waals surface area contributed by atoms with Gasteiger partial charge in [0.05, 0.1) is 17.0 Å². The summed E-state index contributed by atoms with van der Waals surface area (Å²) in [7, 11) is 0. The van der Waals surface area contributed by atoms with Gasteiger partial charge < -0.3 is 5.32 Å². The number of carbonyl (C=O) groups is 1. The van der Waals surface area contributed by atoms with Crippen LogP contribution in [-0.2, 0) is 16.9 Å². The first kappa shape index (κ1) is 29.0. The molecule has 1 heterocycles. The predicted molar refractivity (Wildman–Crippen MR) is 128 cm³/mol. The number of hydrogen-bond acceptors (Lipinski definition) is 2. The van der Waals surface area contributed by atoms with Crippen molar-refractivity contribution in [2.75, 3.05) is 6.54 Å². The summed E-state index contributed by atoms with van der Waals surface area (Å²) in [5.74, 6) is -3.37. The van der Waals surface area contributed by atoms with Crippen LogP contribution in [0.25, 0.3) is 5.70 Å². The van der Waals surface area contributed by atoms with Crippen molar-refractivity contribution in [3.05, 3.63) is 76.4 Å². The summed E-state index contributed by atoms with van der Waals surface area (Å²) in [6, 6.07) is 2.67. The minimum atomic E-state index is -4.80. The molecule has 3 nitrogen and oxygen atoms in total. The third-order valence-electron chi connectivity index (χ3n) is 5.31. The average Bonchev–Trinajstić information content (AvgIpc) is 2.75. The molecule has 1 aromatic rings. The molecular weight excluding hydrogens is 451 g/mol. The highest BCUT2D eigenvalue weighted by Gasteiger charge is 2.39. The van der Waals surface area contributed by atoms with Crippen LogP contribution in [0.5, 0.6) is 0 Å². The van der Waals surface area contributed by atoms with Crippen molar-refractivity contribution in [1.29, 1.82) is 0 Å². The molecule has 2 rings (SSSR count). The van der Waals surface area contributed by atoms with E-state index in [1.54, 1.807) is 39.0 Å². The number of nitrogens with one attached hydrogen (secondary N) is 1. The molecule has 1 N–H and O–H groups in total. The molecule has 0 saturated carbocycles. The van der Waals surface area contributed by atoms with Gasteiger partial charge in [-0.1, -0.05) is 36.4 Å². The fourth-order valence-electron chi connectivity index (χ4n) is 3.11. The Morgan fingerprint density at radius 3 is 2.15 bits per heavy atom. The standard InChI is InChI=1S/C19H20F5N.C7H11NO/c1-6-9-16(12(3)7-2)25-13(4)17-14(18(5,20)21)10-8-11-15(17)19(22,23)24;1-5-3-4-8-7(9)6(5)2/h6-11H,4H2,1-3,5H3;3-4H2,1-2H3,(H,8,9)/b9-6-,12-7+,25-16?;. The molecular formula is C26H31F5N2O. The van der Waals surface area contributed by atoms with E-state index in [1.807, 2.05) is 13.8 Å². The molecule has 1 aliphatic heterocycles. The molecule has 1 amide bonds. The number of carbonyl (C=O) groups excluding carboxylic acids is 1. The van der Waals surface area contributed by atoms with Crippen molar-refractivity contribution in [2.24, 2.45) is 4.99 Å². The van der Waals surface area contributed by atoms with Crippen molar-refractivity contribution in [3.63, 3.8) is 0 Å². The molecule has 0 fully saturated rings. The molecule has 0 saturated heterocycles. The number of aliphatic imine (C=N–C) groups is 1. The van der Waals surface area contributed by atoms with Crippen LogP contribution in [-0.4, -0.2) is 18.2 Å². The van der Waals surface area contributed by atoms with Gasteiger partial charge in [-0.25, -0.2) is 13.8 Å². The highest BCUT2D eigenvalue weighted by atomic mass is 19.4. The van der Waals surface area contributed by atoms with Crippen LogP contribution in [0.2, 0.25) is 0 Å². The third kappa shape index (κ3) is 7.78. The van der Waals surface area contributed by atoms with Gasteiger partial charge >= 0.3 is 6.18 Å². The summed E-state index contributed by atoms with van der Waals surface area (Å²) in [4.78, 5) is 14.9. The van der Waals surface area contributed by atoms with Crippen LogP contribution in [0, 0.1) is 0 Å². The Morgan fingerprint density at radius 1 is 1.12 bits per heavy atom. The molecule has 1 aliphatic rings. The smallest absolute Gasteiger partial charge is 0.352 e. The van der Waals surface area contributed by atoms with E-state index >= 15 is 0 Å². The second-order valence-electron chi connectivity index (χ2n) is 7.94. The van der Waals surface area contributed by atoms with Gasteiger partial charge in [-0.3, -0.25) is 4.79 Å². The highest BCUT2D eigenvalue weighted by molar-refractivity contribution is 6.10. The van der Waals surface area contributed by atoms with Crippen molar-refractivity contribution < 1.29 is 26.7 Å². The number of rotatable bonds is 5. The fourth-order valence-corrected chi connectivity index (χ4v) is 3.11. The van der Waals surface area contributed by atoms with Crippen molar-refractivity contribution in [2.45, 2.75) is 60.1 Å². The zero-order valence-electron chi connectivity index (χ0n) is 20.3. The normalized spacial score (nSPS) is 15.8. The zero-order valence-corrected chi connectivity index (χ0v) is 20.3. The van der Waals surface area contributed by atoms with E-state index in [9.17, 15) is 26.7 Å². The van der Waals surface area contributed by atoms with Gasteiger partial charge in [0, 0.05) is 30.2 Å². The number of halogens is 5. The second kappa shape index (κ2) is 11.9. The molecule has 0 spiro atoms. The lowest BCUT2D eigenvalue weighted by Crippen LogP contribution is -2.29. The molecule has 34 heavy (non-hydrogen) atoms. The molecule has 0 aliphatic carbocycles. The van der Waals surface area contributed by atoms with E-state index in [1.165, 1.54) is 5.57 Å². The number of alkyl halides is 5. The van der Waals surface area contributed by atoms with Crippen LogP contribution in [0.4, 0.5) is 22.0 Å². The molecule has 0 radical (unpaired) electrons. The van der Waals surface area contributed by atoms with Gasteiger partial charge in [-0.05, 0) is 58.8 Å². The Bertz CT molecular complexity index is 1010. The van der Waals surface area contributed by atoms with Gasteiger partial charge in [-0.2, -0.15) is 13.2 Å². The number of allylic oxidation sites excluding steroid dienone is 4. The van der Waals surface area contributed by atoms with Gasteiger partial charge in [0.2, 0.25) is 5.91 Å². The first-order chi connectivity index (χ1) is 15.6. The Balaban J connectivity index is 0.000000533. The lowest BCUT2D eigenvalue weighted by atomic mass is 9.94. The van der Waals surface area contributed by atoms with Gasteiger partial charge in [0.15, 0.2) is 0 Å². The SMILES string of the molecule is C=C(N=C(/C=C\C)/C(C)=C/C)c1c(C(C)(F)F)cccc1C(F)(F)F.CC1=C(C)C(=O)NCC1. The van der Waals surface area contributed by atoms with Gasteiger partial charge in [-0.15, -0.1) is 0 Å². The predicted octanol–water partition coefficient (Wildman–Crippen LogP) is 7.61. The molecule has 1 aromatic carbocycles. The summed E-state index contributed by atoms with van der Waals surface area (Å²) < 4.78 is 67.7. The summed E-state index contributed by atoms with van der Waals surface area (Å²) in [5, 5.41) is 2.77. The second-order valence-corrected chi connectivity index (χ2v) is 7.94. The molecule has 0 atom stereocenters. The van der Waals surface area contributed by atoms with Crippen molar-refractivity contribution >= 4 is 17.3 Å². The number of hydrogen-bond donors (Lipinski definition) is 1. The van der Waals surface area contributed by atoms with Crippen LogP contribution in [0.1, 0.15) is 64.7 Å². The Labute approximate surface area is 197 Å². The summed E-state index contributed by atoms with van der Waals surface area (Å²) in [6.45, 7) is 13.9. The van der Waals surface area contributed by atoms with E-state index in [0.29, 0.717) is 18.2 Å². The quantitative estimate of drug-likeness (QED) is 0.340. The number of nitrogens with zero attached hydrogens (tertiary/aromatic N) is 1. The monoisotopic (exact) mass is 482 g/mol. The summed E-state index contributed by atoms with van der Waals surface area (Å²) in [5.41, 5.74) is 0.172. The first-order valence-corrected chi connectivity index (χ1v) is 10.7. The molecule has 8 heteroatoms. The maximum Gasteiger partial charge on any atom is 0.417 e. The molecule has 0 unspecified atom stereocenters. The van der Waals surface area contributed by atoms with E-state index in [-0.39, 0.29) is 11.6 Å². The molecule has 0 aromatic heterocycles. The lowest BCUT2D eigenvalue weighted by molar-refractivity contribution is -0.138. The molecule has 0 bridgehead atoms. The summed E-state index contributed by atoms with van der Waals surface area (Å²) >= 11 is 0. The van der Waals surface area contributed by atoms with Crippen LogP contribution in [0.3, 0.4) is 0 Å². The maximum atomic E-state index is 13.9. The van der Waals surface area contributed by atoms with Gasteiger partial charge in [0.1, 0.15) is 0 Å². The van der Waals surface area contributed by atoms with Crippen molar-refractivity contribution in [3.8, 4) is 0 Å². The van der Waals surface area contributed by atoms with E-state index in [0.717, 1.165) is 36.7 Å². The zero-order chi connectivity index (χ0) is 26.3. The van der Waals surface area contributed by atoms with Crippen LogP contribution in [0.15, 0.2) is 64.7 Å². The summed E-state index contributed by atoms with van der Waals surface area (Å²) in [6.07, 6.45) is 1.17. The maximum absolute atomic E-state index is 13.9. The Hall–Kier alpha value is -3.03. The van der Waals surface area contributed by atoms with E-state index in [4.69, 9.17) is 0 Å². The third-order valence-corrected chi connectivity index (χ3v) is 5.31. The minimum absolute atomic E-state index is 0.0961. The van der Waals surface area contributed by atoms with E-state index < -0.39 is 28.8 Å². The highest BCUT2D eigenvalue weighted by Crippen LogP contribution is 2.41. The van der Waals surface area contributed by atoms with Gasteiger partial charge in [0.25, 0.3) is 5.92 Å². The lowest BCUT2D eigenvalue weighted by Gasteiger charge is -2.20. The average molecular weight is 483 g/mol. The topological polar surface area (TPSA) is 41.5 Å². The largest absolute Gasteiger partial charge is 0.417 e. The first-order valence-electron chi connectivity index (χ1n) is 10.7. The molecule has 186 valence electrons. The van der Waals surface area contributed by atoms with Crippen LogP contribution < -0.4 is 5.32 Å². The van der Waals surface area contributed by atoms with E-state index in [2.05, 4.69) is 16.9 Å². The number of amides is 1. The number of benzene rings is 1. The Kier molecular flexibility index (Phi) is 10.2. The minimum Gasteiger partial charge on any atom is -0.352 e. The van der Waals surface area contributed by atoms with Crippen molar-refractivity contribution in [1.82, 2.24) is 5.32 Å². The Morgan fingerprint density at radius 2 is 1.71 bits per heavy atom. The fraction of sp³-hybridized carbons (Fsp3) is 0.385. The van der Waals surface area contributed by atoms with Crippen LogP contribution >= 0.6 is 0 Å².